The molecule has 11 heavy (non-hydrogen) atoms. The Morgan fingerprint density at radius 1 is 1.55 bits per heavy atom. The van der Waals surface area contributed by atoms with Crippen LogP contribution >= 0.6 is 0 Å². The van der Waals surface area contributed by atoms with Crippen molar-refractivity contribution in [2.24, 2.45) is 0 Å². The highest BCUT2D eigenvalue weighted by atomic mass is 16.5. The monoisotopic (exact) mass is 155 g/mol. The zero-order valence-electron chi connectivity index (χ0n) is 7.34. The van der Waals surface area contributed by atoms with Gasteiger partial charge in [-0.2, -0.15) is 0 Å². The maximum atomic E-state index is 5.03. The quantitative estimate of drug-likeness (QED) is 0.618. The van der Waals surface area contributed by atoms with E-state index >= 15 is 0 Å². The lowest BCUT2D eigenvalue weighted by atomic mass is 10.2. The van der Waals surface area contributed by atoms with E-state index in [0.717, 1.165) is 6.61 Å². The van der Waals surface area contributed by atoms with Crippen molar-refractivity contribution in [1.29, 1.82) is 0 Å². The maximum Gasteiger partial charge on any atom is 0.0613 e. The van der Waals surface area contributed by atoms with Crippen LogP contribution in [-0.2, 0) is 4.74 Å². The molecule has 2 heteroatoms. The normalized spacial score (nSPS) is 20.9. The molecule has 0 aromatic rings. The Bertz CT molecular complexity index is 126. The second kappa shape index (κ2) is 4.52. The van der Waals surface area contributed by atoms with Crippen molar-refractivity contribution < 1.29 is 4.74 Å². The summed E-state index contributed by atoms with van der Waals surface area (Å²) in [6.07, 6.45) is 6.82. The Labute approximate surface area is 68.6 Å². The molecule has 1 unspecified atom stereocenters. The minimum atomic E-state index is 0.477. The zero-order valence-corrected chi connectivity index (χ0v) is 7.34. The molecule has 1 N–H and O–H groups in total. The average Bonchev–Trinajstić information content (AvgIpc) is 2.40. The first-order chi connectivity index (χ1) is 5.33. The van der Waals surface area contributed by atoms with Crippen molar-refractivity contribution in [2.75, 3.05) is 13.7 Å². The molecule has 2 nitrogen and oxygen atoms in total. The van der Waals surface area contributed by atoms with Gasteiger partial charge in [-0.25, -0.2) is 0 Å². The molecule has 0 amide bonds. The third-order valence-corrected chi connectivity index (χ3v) is 1.94. The Hall–Kier alpha value is -0.340. The van der Waals surface area contributed by atoms with Crippen LogP contribution in [0.3, 0.4) is 0 Å². The summed E-state index contributed by atoms with van der Waals surface area (Å²) in [6.45, 7) is 2.96. The molecule has 0 spiro atoms. The number of methoxy groups -OCH3 is 1. The van der Waals surface area contributed by atoms with Crippen LogP contribution in [0.4, 0.5) is 0 Å². The van der Waals surface area contributed by atoms with Gasteiger partial charge in [0.2, 0.25) is 0 Å². The first-order valence-electron chi connectivity index (χ1n) is 4.23. The molecule has 0 fully saturated rings. The molecular weight excluding hydrogens is 138 g/mol. The average molecular weight is 155 g/mol. The van der Waals surface area contributed by atoms with E-state index in [0.29, 0.717) is 12.1 Å². The van der Waals surface area contributed by atoms with Gasteiger partial charge in [0, 0.05) is 19.2 Å². The first kappa shape index (κ1) is 8.75. The van der Waals surface area contributed by atoms with Gasteiger partial charge in [-0.15, -0.1) is 0 Å². The Kier molecular flexibility index (Phi) is 3.60. The van der Waals surface area contributed by atoms with Crippen molar-refractivity contribution in [3.8, 4) is 0 Å². The summed E-state index contributed by atoms with van der Waals surface area (Å²) in [7, 11) is 1.74. The second-order valence-corrected chi connectivity index (χ2v) is 3.16. The molecule has 0 radical (unpaired) electrons. The molecule has 1 aliphatic carbocycles. The van der Waals surface area contributed by atoms with Gasteiger partial charge < -0.3 is 10.1 Å². The Morgan fingerprint density at radius 3 is 2.73 bits per heavy atom. The highest BCUT2D eigenvalue weighted by Crippen LogP contribution is 2.09. The van der Waals surface area contributed by atoms with E-state index in [1.165, 1.54) is 12.8 Å². The molecule has 0 bridgehead atoms. The van der Waals surface area contributed by atoms with Crippen LogP contribution in [0, 0.1) is 0 Å². The van der Waals surface area contributed by atoms with E-state index < -0.39 is 0 Å². The fourth-order valence-corrected chi connectivity index (χ4v) is 1.45. The van der Waals surface area contributed by atoms with E-state index in [1.807, 2.05) is 0 Å². The maximum absolute atomic E-state index is 5.03. The second-order valence-electron chi connectivity index (χ2n) is 3.16. The number of hydrogen-bond acceptors (Lipinski definition) is 2. The molecule has 0 aliphatic heterocycles. The summed E-state index contributed by atoms with van der Waals surface area (Å²) < 4.78 is 5.03. The first-order valence-corrected chi connectivity index (χ1v) is 4.23. The molecule has 0 aromatic carbocycles. The highest BCUT2D eigenvalue weighted by Gasteiger charge is 2.11. The van der Waals surface area contributed by atoms with Crippen LogP contribution in [0.5, 0.6) is 0 Å². The molecule has 0 saturated carbocycles. The Morgan fingerprint density at radius 2 is 2.18 bits per heavy atom. The summed E-state index contributed by atoms with van der Waals surface area (Å²) in [5, 5.41) is 3.49. The lowest BCUT2D eigenvalue weighted by Crippen LogP contribution is -2.37. The summed E-state index contributed by atoms with van der Waals surface area (Å²) in [6, 6.07) is 1.13. The van der Waals surface area contributed by atoms with Crippen molar-refractivity contribution in [3.05, 3.63) is 12.2 Å². The predicted molar refractivity (Wildman–Crippen MR) is 46.6 cm³/mol. The van der Waals surface area contributed by atoms with Gasteiger partial charge in [0.05, 0.1) is 6.61 Å². The van der Waals surface area contributed by atoms with Crippen LogP contribution in [0.15, 0.2) is 12.2 Å². The van der Waals surface area contributed by atoms with Crippen LogP contribution in [0.25, 0.3) is 0 Å². The molecule has 1 rings (SSSR count). The van der Waals surface area contributed by atoms with Crippen LogP contribution in [-0.4, -0.2) is 25.8 Å². The summed E-state index contributed by atoms with van der Waals surface area (Å²) in [5.74, 6) is 0. The molecular formula is C9H17NO. The van der Waals surface area contributed by atoms with E-state index in [1.54, 1.807) is 7.11 Å². The van der Waals surface area contributed by atoms with Gasteiger partial charge >= 0.3 is 0 Å². The number of hydrogen-bond donors (Lipinski definition) is 1. The van der Waals surface area contributed by atoms with Crippen LogP contribution in [0.1, 0.15) is 19.8 Å². The molecule has 64 valence electrons. The highest BCUT2D eigenvalue weighted by molar-refractivity contribution is 4.98. The molecule has 1 atom stereocenters. The van der Waals surface area contributed by atoms with Gasteiger partial charge in [-0.3, -0.25) is 0 Å². The van der Waals surface area contributed by atoms with Gasteiger partial charge in [0.1, 0.15) is 0 Å². The standard InChI is InChI=1S/C9H17NO/c1-8(7-11-2)10-9-5-3-4-6-9/h3-4,8-10H,5-7H2,1-2H3. The van der Waals surface area contributed by atoms with E-state index in [9.17, 15) is 0 Å². The predicted octanol–water partition coefficient (Wildman–Crippen LogP) is 1.33. The van der Waals surface area contributed by atoms with Crippen molar-refractivity contribution in [2.45, 2.75) is 31.8 Å². The number of nitrogens with one attached hydrogen (secondary N) is 1. The molecule has 0 aromatic heterocycles. The van der Waals surface area contributed by atoms with Gasteiger partial charge in [0.15, 0.2) is 0 Å². The molecule has 0 heterocycles. The van der Waals surface area contributed by atoms with Gasteiger partial charge in [-0.05, 0) is 19.8 Å². The minimum Gasteiger partial charge on any atom is -0.383 e. The fourth-order valence-electron chi connectivity index (χ4n) is 1.45. The lowest BCUT2D eigenvalue weighted by molar-refractivity contribution is 0.167. The van der Waals surface area contributed by atoms with Crippen LogP contribution in [0.2, 0.25) is 0 Å². The van der Waals surface area contributed by atoms with Crippen molar-refractivity contribution in [1.82, 2.24) is 5.32 Å². The van der Waals surface area contributed by atoms with E-state index in [-0.39, 0.29) is 0 Å². The van der Waals surface area contributed by atoms with Crippen molar-refractivity contribution in [3.63, 3.8) is 0 Å². The van der Waals surface area contributed by atoms with Crippen molar-refractivity contribution >= 4 is 0 Å². The van der Waals surface area contributed by atoms with Gasteiger partial charge in [0.25, 0.3) is 0 Å². The number of ether oxygens (including phenoxy) is 1. The molecule has 1 aliphatic rings. The molecule has 0 saturated heterocycles. The van der Waals surface area contributed by atoms with Crippen LogP contribution < -0.4 is 5.32 Å². The SMILES string of the molecule is COCC(C)NC1CC=CC1. The summed E-state index contributed by atoms with van der Waals surface area (Å²) in [4.78, 5) is 0. The third-order valence-electron chi connectivity index (χ3n) is 1.94. The largest absolute Gasteiger partial charge is 0.383 e. The van der Waals surface area contributed by atoms with Gasteiger partial charge in [-0.1, -0.05) is 12.2 Å². The summed E-state index contributed by atoms with van der Waals surface area (Å²) in [5.41, 5.74) is 0. The zero-order chi connectivity index (χ0) is 8.10. The smallest absolute Gasteiger partial charge is 0.0613 e. The van der Waals surface area contributed by atoms with E-state index in [4.69, 9.17) is 4.74 Å². The fraction of sp³-hybridized carbons (Fsp3) is 0.778. The lowest BCUT2D eigenvalue weighted by Gasteiger charge is -2.17. The minimum absolute atomic E-state index is 0.477. The summed E-state index contributed by atoms with van der Waals surface area (Å²) >= 11 is 0. The number of rotatable bonds is 4. The third kappa shape index (κ3) is 3.04. The topological polar surface area (TPSA) is 21.3 Å². The Balaban J connectivity index is 2.09. The van der Waals surface area contributed by atoms with E-state index in [2.05, 4.69) is 24.4 Å².